The number of cyclic esters (lactones) is 1. The first-order chi connectivity index (χ1) is 7.65. The molecular formula is C12H16Br2O2. The third kappa shape index (κ3) is 4.42. The van der Waals surface area contributed by atoms with Gasteiger partial charge < -0.3 is 4.74 Å². The molecule has 0 atom stereocenters. The summed E-state index contributed by atoms with van der Waals surface area (Å²) in [6.45, 7) is 2.20. The molecule has 1 aliphatic rings. The molecule has 0 amide bonds. The normalized spacial score (nSPS) is 15.1. The number of hydrogen-bond donors (Lipinski definition) is 0. The number of carbonyl (C=O) groups excluding carboxylic acids is 1. The number of unbranched alkanes of at least 4 members (excludes halogenated alkanes) is 4. The Labute approximate surface area is 113 Å². The monoisotopic (exact) mass is 350 g/mol. The molecule has 90 valence electrons. The molecule has 0 radical (unpaired) electrons. The van der Waals surface area contributed by atoms with Crippen LogP contribution in [0, 0.1) is 0 Å². The molecule has 0 N–H and O–H groups in total. The van der Waals surface area contributed by atoms with Gasteiger partial charge in [-0.1, -0.05) is 32.6 Å². The molecule has 0 aromatic rings. The molecule has 2 nitrogen and oxygen atoms in total. The fraction of sp³-hybridized carbons (Fsp3) is 0.583. The SMILES string of the molecule is CCCCCCCC1=CC(=O)OC1=C(Br)Br. The van der Waals surface area contributed by atoms with Crippen molar-refractivity contribution in [1.82, 2.24) is 0 Å². The van der Waals surface area contributed by atoms with E-state index in [0.29, 0.717) is 9.15 Å². The van der Waals surface area contributed by atoms with Gasteiger partial charge in [-0.3, -0.25) is 0 Å². The minimum Gasteiger partial charge on any atom is -0.421 e. The zero-order valence-corrected chi connectivity index (χ0v) is 12.6. The number of hydrogen-bond acceptors (Lipinski definition) is 2. The van der Waals surface area contributed by atoms with Crippen molar-refractivity contribution in [3.63, 3.8) is 0 Å². The van der Waals surface area contributed by atoms with Crippen molar-refractivity contribution < 1.29 is 9.53 Å². The van der Waals surface area contributed by atoms with Gasteiger partial charge in [0.1, 0.15) is 3.39 Å². The van der Waals surface area contributed by atoms with Crippen molar-refractivity contribution >= 4 is 37.8 Å². The second-order valence-corrected chi connectivity index (χ2v) is 6.49. The summed E-state index contributed by atoms with van der Waals surface area (Å²) in [4.78, 5) is 11.1. The largest absolute Gasteiger partial charge is 0.421 e. The van der Waals surface area contributed by atoms with Crippen LogP contribution in [0.3, 0.4) is 0 Å². The first-order valence-corrected chi connectivity index (χ1v) is 7.21. The molecule has 1 heterocycles. The number of halogens is 2. The van der Waals surface area contributed by atoms with E-state index in [9.17, 15) is 4.79 Å². The highest BCUT2D eigenvalue weighted by Gasteiger charge is 2.21. The van der Waals surface area contributed by atoms with E-state index in [1.807, 2.05) is 0 Å². The maximum absolute atomic E-state index is 11.1. The smallest absolute Gasteiger partial charge is 0.336 e. The van der Waals surface area contributed by atoms with E-state index >= 15 is 0 Å². The molecule has 0 aromatic heterocycles. The Balaban J connectivity index is 2.38. The zero-order chi connectivity index (χ0) is 12.0. The molecule has 0 unspecified atom stereocenters. The molecule has 1 rings (SSSR count). The Morgan fingerprint density at radius 2 is 1.94 bits per heavy atom. The van der Waals surface area contributed by atoms with Crippen LogP contribution < -0.4 is 0 Å². The Hall–Kier alpha value is -0.0900. The molecule has 0 saturated carbocycles. The zero-order valence-electron chi connectivity index (χ0n) is 9.39. The standard InChI is InChI=1S/C12H16Br2O2/c1-2-3-4-5-6-7-9-8-10(15)16-11(9)12(13)14/h8H,2-7H2,1H3. The summed E-state index contributed by atoms with van der Waals surface area (Å²) in [5, 5.41) is 0. The van der Waals surface area contributed by atoms with Crippen molar-refractivity contribution in [3.05, 3.63) is 20.8 Å². The lowest BCUT2D eigenvalue weighted by Crippen LogP contribution is -1.92. The van der Waals surface area contributed by atoms with Crippen LogP contribution >= 0.6 is 31.9 Å². The van der Waals surface area contributed by atoms with Crippen LogP contribution in [-0.4, -0.2) is 5.97 Å². The maximum atomic E-state index is 11.1. The Bertz CT molecular complexity index is 315. The number of carbonyl (C=O) groups is 1. The van der Waals surface area contributed by atoms with E-state index in [-0.39, 0.29) is 5.97 Å². The second kappa shape index (κ2) is 7.28. The van der Waals surface area contributed by atoms with Crippen molar-refractivity contribution in [2.24, 2.45) is 0 Å². The maximum Gasteiger partial charge on any atom is 0.336 e. The number of allylic oxidation sites excluding steroid dienone is 1. The van der Waals surface area contributed by atoms with Crippen molar-refractivity contribution in [3.8, 4) is 0 Å². The van der Waals surface area contributed by atoms with Gasteiger partial charge in [-0.2, -0.15) is 0 Å². The van der Waals surface area contributed by atoms with Crippen molar-refractivity contribution in [1.29, 1.82) is 0 Å². The Morgan fingerprint density at radius 1 is 1.25 bits per heavy atom. The van der Waals surface area contributed by atoms with Crippen LogP contribution in [0.5, 0.6) is 0 Å². The molecule has 0 aliphatic carbocycles. The van der Waals surface area contributed by atoms with Gasteiger partial charge in [0.25, 0.3) is 0 Å². The molecule has 4 heteroatoms. The van der Waals surface area contributed by atoms with Crippen LogP contribution in [0.2, 0.25) is 0 Å². The molecule has 0 fully saturated rings. The van der Waals surface area contributed by atoms with Gasteiger partial charge in [0.05, 0.1) is 0 Å². The first-order valence-electron chi connectivity index (χ1n) is 5.63. The predicted molar refractivity (Wildman–Crippen MR) is 72.4 cm³/mol. The quantitative estimate of drug-likeness (QED) is 0.508. The van der Waals surface area contributed by atoms with E-state index in [2.05, 4.69) is 38.8 Å². The number of ether oxygens (including phenoxy) is 1. The highest BCUT2D eigenvalue weighted by atomic mass is 79.9. The third-order valence-corrected chi connectivity index (χ3v) is 3.23. The van der Waals surface area contributed by atoms with Crippen molar-refractivity contribution in [2.75, 3.05) is 0 Å². The lowest BCUT2D eigenvalue weighted by atomic mass is 10.1. The minimum absolute atomic E-state index is 0.269. The van der Waals surface area contributed by atoms with Gasteiger partial charge in [0.2, 0.25) is 0 Å². The second-order valence-electron chi connectivity index (χ2n) is 3.84. The lowest BCUT2D eigenvalue weighted by molar-refractivity contribution is -0.132. The van der Waals surface area contributed by atoms with E-state index in [4.69, 9.17) is 4.74 Å². The average molecular weight is 352 g/mol. The Morgan fingerprint density at radius 3 is 2.56 bits per heavy atom. The van der Waals surface area contributed by atoms with E-state index in [1.54, 1.807) is 6.08 Å². The summed E-state index contributed by atoms with van der Waals surface area (Å²) in [7, 11) is 0. The van der Waals surface area contributed by atoms with Gasteiger partial charge >= 0.3 is 5.97 Å². The van der Waals surface area contributed by atoms with E-state index in [1.165, 1.54) is 25.7 Å². The van der Waals surface area contributed by atoms with Gasteiger partial charge in [0, 0.05) is 11.6 Å². The summed E-state index contributed by atoms with van der Waals surface area (Å²) >= 11 is 6.56. The predicted octanol–water partition coefficient (Wildman–Crippen LogP) is 4.79. The van der Waals surface area contributed by atoms with Crippen molar-refractivity contribution in [2.45, 2.75) is 45.4 Å². The minimum atomic E-state index is -0.269. The van der Waals surface area contributed by atoms with E-state index in [0.717, 1.165) is 18.4 Å². The molecule has 16 heavy (non-hydrogen) atoms. The van der Waals surface area contributed by atoms with E-state index < -0.39 is 0 Å². The molecule has 0 aromatic carbocycles. The molecule has 0 bridgehead atoms. The molecular weight excluding hydrogens is 336 g/mol. The van der Waals surface area contributed by atoms with Gasteiger partial charge in [-0.05, 0) is 44.7 Å². The van der Waals surface area contributed by atoms with Gasteiger partial charge in [0.15, 0.2) is 5.76 Å². The Kier molecular flexibility index (Phi) is 6.36. The van der Waals surface area contributed by atoms with Crippen LogP contribution in [0.1, 0.15) is 45.4 Å². The molecule has 0 spiro atoms. The molecule has 0 saturated heterocycles. The highest BCUT2D eigenvalue weighted by molar-refractivity contribution is 9.28. The van der Waals surface area contributed by atoms with Crippen LogP contribution in [0.25, 0.3) is 0 Å². The fourth-order valence-electron chi connectivity index (χ4n) is 1.67. The van der Waals surface area contributed by atoms with Crippen LogP contribution in [0.15, 0.2) is 20.8 Å². The summed E-state index contributed by atoms with van der Waals surface area (Å²) < 4.78 is 5.78. The highest BCUT2D eigenvalue weighted by Crippen LogP contribution is 2.32. The van der Waals surface area contributed by atoms with Gasteiger partial charge in [-0.15, -0.1) is 0 Å². The van der Waals surface area contributed by atoms with Crippen LogP contribution in [-0.2, 0) is 9.53 Å². The number of esters is 1. The lowest BCUT2D eigenvalue weighted by Gasteiger charge is -2.04. The summed E-state index contributed by atoms with van der Waals surface area (Å²) in [5.74, 6) is 0.371. The fourth-order valence-corrected chi connectivity index (χ4v) is 2.34. The first kappa shape index (κ1) is 14.0. The topological polar surface area (TPSA) is 26.3 Å². The summed E-state index contributed by atoms with van der Waals surface area (Å²) in [6, 6.07) is 0. The summed E-state index contributed by atoms with van der Waals surface area (Å²) in [6.07, 6.45) is 8.63. The average Bonchev–Trinajstić information content (AvgIpc) is 2.59. The number of rotatable bonds is 6. The summed E-state index contributed by atoms with van der Waals surface area (Å²) in [5.41, 5.74) is 0.991. The third-order valence-electron chi connectivity index (χ3n) is 2.51. The van der Waals surface area contributed by atoms with Crippen LogP contribution in [0.4, 0.5) is 0 Å². The molecule has 1 aliphatic heterocycles. The van der Waals surface area contributed by atoms with Gasteiger partial charge in [-0.25, -0.2) is 4.79 Å².